The van der Waals surface area contributed by atoms with Crippen molar-refractivity contribution in [2.45, 2.75) is 13.3 Å². The van der Waals surface area contributed by atoms with Crippen molar-refractivity contribution in [2.75, 3.05) is 17.2 Å². The maximum Gasteiger partial charge on any atom is 0.178 e. The highest BCUT2D eigenvalue weighted by Crippen LogP contribution is 2.23. The predicted molar refractivity (Wildman–Crippen MR) is 90.9 cm³/mol. The molecule has 3 rings (SSSR count). The van der Waals surface area contributed by atoms with Gasteiger partial charge in [-0.15, -0.1) is 5.10 Å². The van der Waals surface area contributed by atoms with Crippen LogP contribution in [0.4, 0.5) is 21.6 Å². The molecule has 0 spiro atoms. The summed E-state index contributed by atoms with van der Waals surface area (Å²) in [6.45, 7) is 2.76. The first kappa shape index (κ1) is 16.2. The van der Waals surface area contributed by atoms with Crippen molar-refractivity contribution in [3.8, 4) is 12.1 Å². The number of nitrogens with one attached hydrogen (secondary N) is 2. The minimum absolute atomic E-state index is 0.202. The SMILES string of the molecule is CCCNc1cc(Nc2cc(F)cc(C#N)c2)nn2c(C#N)cnc12. The first-order valence-electron chi connectivity index (χ1n) is 7.65. The second-order valence-electron chi connectivity index (χ2n) is 5.33. The fraction of sp³-hybridized carbons (Fsp3) is 0.176. The Hall–Kier alpha value is -3.65. The smallest absolute Gasteiger partial charge is 0.178 e. The fourth-order valence-electron chi connectivity index (χ4n) is 2.37. The fourth-order valence-corrected chi connectivity index (χ4v) is 2.37. The van der Waals surface area contributed by atoms with Crippen LogP contribution in [0.15, 0.2) is 30.5 Å². The second-order valence-corrected chi connectivity index (χ2v) is 5.33. The van der Waals surface area contributed by atoms with Crippen LogP contribution in [0, 0.1) is 28.5 Å². The van der Waals surface area contributed by atoms with Crippen molar-refractivity contribution in [1.29, 1.82) is 10.5 Å². The van der Waals surface area contributed by atoms with Gasteiger partial charge in [0.2, 0.25) is 0 Å². The first-order chi connectivity index (χ1) is 12.1. The molecule has 0 bridgehead atoms. The number of hydrogen-bond donors (Lipinski definition) is 2. The molecule has 0 aliphatic heterocycles. The Morgan fingerprint density at radius 3 is 2.76 bits per heavy atom. The molecular formula is C17H14FN7. The molecule has 0 saturated heterocycles. The summed E-state index contributed by atoms with van der Waals surface area (Å²) in [6, 6.07) is 9.61. The predicted octanol–water partition coefficient (Wildman–Crippen LogP) is 3.18. The monoisotopic (exact) mass is 335 g/mol. The number of nitriles is 2. The quantitative estimate of drug-likeness (QED) is 0.742. The van der Waals surface area contributed by atoms with Gasteiger partial charge in [0.1, 0.15) is 11.9 Å². The molecule has 7 nitrogen and oxygen atoms in total. The van der Waals surface area contributed by atoms with Gasteiger partial charge in [0, 0.05) is 18.3 Å². The first-order valence-corrected chi connectivity index (χ1v) is 7.65. The number of aromatic nitrogens is 3. The minimum atomic E-state index is -0.521. The Morgan fingerprint density at radius 2 is 2.04 bits per heavy atom. The van der Waals surface area contributed by atoms with Crippen molar-refractivity contribution in [3.63, 3.8) is 0 Å². The molecule has 3 aromatic rings. The van der Waals surface area contributed by atoms with Gasteiger partial charge in [-0.05, 0) is 24.6 Å². The van der Waals surface area contributed by atoms with E-state index in [-0.39, 0.29) is 11.3 Å². The molecule has 8 heteroatoms. The summed E-state index contributed by atoms with van der Waals surface area (Å²) in [6.07, 6.45) is 2.36. The summed E-state index contributed by atoms with van der Waals surface area (Å²) in [5, 5.41) is 28.7. The van der Waals surface area contributed by atoms with Gasteiger partial charge in [-0.25, -0.2) is 9.37 Å². The van der Waals surface area contributed by atoms with Crippen molar-refractivity contribution in [1.82, 2.24) is 14.6 Å². The number of halogens is 1. The van der Waals surface area contributed by atoms with E-state index in [1.165, 1.54) is 22.8 Å². The maximum atomic E-state index is 13.6. The van der Waals surface area contributed by atoms with Crippen LogP contribution in [0.25, 0.3) is 5.65 Å². The van der Waals surface area contributed by atoms with Gasteiger partial charge < -0.3 is 10.6 Å². The molecule has 0 aliphatic rings. The van der Waals surface area contributed by atoms with E-state index in [1.54, 1.807) is 6.07 Å². The Balaban J connectivity index is 2.05. The van der Waals surface area contributed by atoms with Gasteiger partial charge in [-0.1, -0.05) is 6.92 Å². The third kappa shape index (κ3) is 3.33. The van der Waals surface area contributed by atoms with Gasteiger partial charge in [0.25, 0.3) is 0 Å². The molecule has 0 radical (unpaired) electrons. The zero-order valence-corrected chi connectivity index (χ0v) is 13.4. The molecule has 0 unspecified atom stereocenters. The Labute approximate surface area is 143 Å². The molecular weight excluding hydrogens is 321 g/mol. The van der Waals surface area contributed by atoms with E-state index >= 15 is 0 Å². The number of nitrogens with zero attached hydrogens (tertiary/aromatic N) is 5. The van der Waals surface area contributed by atoms with Crippen LogP contribution < -0.4 is 10.6 Å². The van der Waals surface area contributed by atoms with Crippen LogP contribution in [0.3, 0.4) is 0 Å². The molecule has 124 valence electrons. The van der Waals surface area contributed by atoms with Crippen LogP contribution in [0.5, 0.6) is 0 Å². The van der Waals surface area contributed by atoms with Gasteiger partial charge >= 0.3 is 0 Å². The molecule has 25 heavy (non-hydrogen) atoms. The number of hydrogen-bond acceptors (Lipinski definition) is 6. The Bertz CT molecular complexity index is 1010. The lowest BCUT2D eigenvalue weighted by Crippen LogP contribution is -2.07. The summed E-state index contributed by atoms with van der Waals surface area (Å²) in [5.74, 6) is -0.123. The van der Waals surface area contributed by atoms with E-state index in [0.29, 0.717) is 22.8 Å². The third-order valence-electron chi connectivity index (χ3n) is 3.45. The maximum absolute atomic E-state index is 13.6. The molecule has 1 aromatic carbocycles. The third-order valence-corrected chi connectivity index (χ3v) is 3.45. The van der Waals surface area contributed by atoms with Crippen molar-refractivity contribution in [2.24, 2.45) is 0 Å². The van der Waals surface area contributed by atoms with Gasteiger partial charge in [-0.2, -0.15) is 15.0 Å². The molecule has 2 aromatic heterocycles. The number of rotatable bonds is 5. The zero-order chi connectivity index (χ0) is 17.8. The van der Waals surface area contributed by atoms with Crippen molar-refractivity contribution < 1.29 is 4.39 Å². The molecule has 0 saturated carbocycles. The number of imidazole rings is 1. The molecule has 2 heterocycles. The van der Waals surface area contributed by atoms with E-state index in [2.05, 4.69) is 20.7 Å². The van der Waals surface area contributed by atoms with Crippen LogP contribution in [-0.4, -0.2) is 21.1 Å². The van der Waals surface area contributed by atoms with Crippen LogP contribution in [0.2, 0.25) is 0 Å². The summed E-state index contributed by atoms with van der Waals surface area (Å²) >= 11 is 0. The average molecular weight is 335 g/mol. The lowest BCUT2D eigenvalue weighted by Gasteiger charge is -2.11. The zero-order valence-electron chi connectivity index (χ0n) is 13.4. The minimum Gasteiger partial charge on any atom is -0.382 e. The van der Waals surface area contributed by atoms with Gasteiger partial charge in [0.15, 0.2) is 17.2 Å². The van der Waals surface area contributed by atoms with Gasteiger partial charge in [-0.3, -0.25) is 0 Å². The summed E-state index contributed by atoms with van der Waals surface area (Å²) in [4.78, 5) is 4.22. The largest absolute Gasteiger partial charge is 0.382 e. The van der Waals surface area contributed by atoms with Crippen LogP contribution >= 0.6 is 0 Å². The average Bonchev–Trinajstić information content (AvgIpc) is 3.02. The number of anilines is 3. The van der Waals surface area contributed by atoms with Crippen LogP contribution in [0.1, 0.15) is 24.6 Å². The normalized spacial score (nSPS) is 10.2. The highest BCUT2D eigenvalue weighted by atomic mass is 19.1. The lowest BCUT2D eigenvalue weighted by atomic mass is 10.2. The highest BCUT2D eigenvalue weighted by Gasteiger charge is 2.12. The molecule has 0 fully saturated rings. The van der Waals surface area contributed by atoms with E-state index in [9.17, 15) is 9.65 Å². The van der Waals surface area contributed by atoms with E-state index in [4.69, 9.17) is 5.26 Å². The summed E-state index contributed by atoms with van der Waals surface area (Å²) in [5.41, 5.74) is 2.12. The van der Waals surface area contributed by atoms with E-state index in [0.717, 1.165) is 19.0 Å². The van der Waals surface area contributed by atoms with Crippen LogP contribution in [-0.2, 0) is 0 Å². The van der Waals surface area contributed by atoms with Crippen molar-refractivity contribution >= 4 is 22.8 Å². The topological polar surface area (TPSA) is 102 Å². The molecule has 0 atom stereocenters. The van der Waals surface area contributed by atoms with E-state index in [1.807, 2.05) is 19.1 Å². The molecule has 0 aliphatic carbocycles. The lowest BCUT2D eigenvalue weighted by molar-refractivity contribution is 0.628. The summed E-state index contributed by atoms with van der Waals surface area (Å²) < 4.78 is 15.0. The molecule has 2 N–H and O–H groups in total. The van der Waals surface area contributed by atoms with Crippen molar-refractivity contribution in [3.05, 3.63) is 47.5 Å². The number of benzene rings is 1. The standard InChI is InChI=1S/C17H14FN7/c1-2-3-21-15-7-16(24-25-14(9-20)10-22-17(15)25)23-13-5-11(8-19)4-12(18)6-13/h4-7,10,21H,2-3H2,1H3,(H,23,24). The Kier molecular flexibility index (Phi) is 4.44. The van der Waals surface area contributed by atoms with Gasteiger partial charge in [0.05, 0.1) is 23.5 Å². The highest BCUT2D eigenvalue weighted by molar-refractivity contribution is 5.73. The summed E-state index contributed by atoms with van der Waals surface area (Å²) in [7, 11) is 0. The number of fused-ring (bicyclic) bond motifs is 1. The Morgan fingerprint density at radius 1 is 1.20 bits per heavy atom. The second kappa shape index (κ2) is 6.85. The van der Waals surface area contributed by atoms with E-state index < -0.39 is 5.82 Å². The molecule has 0 amide bonds.